The molecular formula is C59H108O6. The molecule has 0 N–H and O–H groups in total. The third-order valence-corrected chi connectivity index (χ3v) is 12.6. The van der Waals surface area contributed by atoms with E-state index >= 15 is 0 Å². The van der Waals surface area contributed by atoms with Crippen LogP contribution in [0.2, 0.25) is 0 Å². The van der Waals surface area contributed by atoms with Crippen LogP contribution in [0.3, 0.4) is 0 Å². The molecule has 0 bridgehead atoms. The maximum absolute atomic E-state index is 12.8. The molecule has 0 amide bonds. The van der Waals surface area contributed by atoms with E-state index in [4.69, 9.17) is 14.2 Å². The fourth-order valence-corrected chi connectivity index (χ4v) is 8.32. The number of carbonyl (C=O) groups is 3. The van der Waals surface area contributed by atoms with E-state index in [0.717, 1.165) is 57.8 Å². The van der Waals surface area contributed by atoms with Gasteiger partial charge >= 0.3 is 17.9 Å². The highest BCUT2D eigenvalue weighted by Crippen LogP contribution is 2.16. The fraction of sp³-hybridized carbons (Fsp3) is 0.847. The molecular weight excluding hydrogens is 805 g/mol. The Morgan fingerprint density at radius 1 is 0.308 bits per heavy atom. The summed E-state index contributed by atoms with van der Waals surface area (Å²) in [5.74, 6) is -0.952. The van der Waals surface area contributed by atoms with Crippen LogP contribution in [0.5, 0.6) is 0 Å². The zero-order chi connectivity index (χ0) is 47.2. The predicted octanol–water partition coefficient (Wildman–Crippen LogP) is 18.9. The lowest BCUT2D eigenvalue weighted by molar-refractivity contribution is -0.166. The van der Waals surface area contributed by atoms with Gasteiger partial charge in [-0.15, -0.1) is 0 Å². The molecule has 0 radical (unpaired) electrons. The highest BCUT2D eigenvalue weighted by molar-refractivity contribution is 5.71. The van der Waals surface area contributed by atoms with Gasteiger partial charge in [0.2, 0.25) is 0 Å². The number of esters is 3. The van der Waals surface area contributed by atoms with E-state index in [9.17, 15) is 14.4 Å². The molecule has 6 nitrogen and oxygen atoms in total. The topological polar surface area (TPSA) is 78.9 Å². The van der Waals surface area contributed by atoms with E-state index in [0.29, 0.717) is 19.3 Å². The molecule has 0 aromatic heterocycles. The molecule has 0 aliphatic heterocycles. The minimum atomic E-state index is -0.794. The molecule has 65 heavy (non-hydrogen) atoms. The van der Waals surface area contributed by atoms with Gasteiger partial charge in [0.05, 0.1) is 0 Å². The molecule has 1 unspecified atom stereocenters. The van der Waals surface area contributed by atoms with Crippen LogP contribution < -0.4 is 0 Å². The summed E-state index contributed by atoms with van der Waals surface area (Å²) in [4.78, 5) is 38.0. The second kappa shape index (κ2) is 54.2. The highest BCUT2D eigenvalue weighted by atomic mass is 16.6. The van der Waals surface area contributed by atoms with E-state index in [2.05, 4.69) is 51.2 Å². The average Bonchev–Trinajstić information content (AvgIpc) is 3.30. The standard InChI is InChI=1S/C59H108O6/c1-4-7-10-13-16-19-22-25-27-29-30-32-34-37-40-43-46-49-52-58(61)64-55-56(54-63-57(60)51-48-45-42-39-36-33-24-21-18-15-12-9-6-3)65-59(62)53-50-47-44-41-38-35-31-28-26-23-20-17-14-11-8-5-2/h30,32-33,36,42,45,56H,4-29,31,34-35,37-41,43-44,46-55H2,1-3H3/b32-30+,36-33+,45-42+. The fourth-order valence-electron chi connectivity index (χ4n) is 8.32. The molecule has 0 heterocycles. The Morgan fingerprint density at radius 3 is 0.954 bits per heavy atom. The SMILES string of the molecule is CCCCCCCC/C=C/C/C=C/CCC(=O)OCC(COC(=O)CCCCCCC/C=C/CCCCCCCCCCC)OC(=O)CCCCCCCCCCCCCCCCCC. The molecule has 1 atom stereocenters. The van der Waals surface area contributed by atoms with Crippen LogP contribution >= 0.6 is 0 Å². The summed E-state index contributed by atoms with van der Waals surface area (Å²) in [7, 11) is 0. The molecule has 0 saturated heterocycles. The van der Waals surface area contributed by atoms with Gasteiger partial charge in [0.25, 0.3) is 0 Å². The lowest BCUT2D eigenvalue weighted by Gasteiger charge is -2.18. The first-order valence-corrected chi connectivity index (χ1v) is 28.5. The summed E-state index contributed by atoms with van der Waals surface area (Å²) in [6.45, 7) is 6.61. The molecule has 0 spiro atoms. The van der Waals surface area contributed by atoms with Gasteiger partial charge in [-0.25, -0.2) is 0 Å². The van der Waals surface area contributed by atoms with Gasteiger partial charge in [0.1, 0.15) is 13.2 Å². The lowest BCUT2D eigenvalue weighted by atomic mass is 10.0. The van der Waals surface area contributed by atoms with Gasteiger partial charge in [-0.05, 0) is 64.2 Å². The maximum atomic E-state index is 12.8. The van der Waals surface area contributed by atoms with Gasteiger partial charge in [0, 0.05) is 19.3 Å². The summed E-state index contributed by atoms with van der Waals surface area (Å²) in [5.41, 5.74) is 0. The first kappa shape index (κ1) is 62.6. The minimum absolute atomic E-state index is 0.0901. The van der Waals surface area contributed by atoms with Crippen LogP contribution in [0.1, 0.15) is 303 Å². The molecule has 0 fully saturated rings. The van der Waals surface area contributed by atoms with E-state index < -0.39 is 6.10 Å². The summed E-state index contributed by atoms with van der Waals surface area (Å²) >= 11 is 0. The van der Waals surface area contributed by atoms with Crippen molar-refractivity contribution < 1.29 is 28.6 Å². The monoisotopic (exact) mass is 913 g/mol. The molecule has 0 aliphatic carbocycles. The normalized spacial score (nSPS) is 12.2. The van der Waals surface area contributed by atoms with Crippen molar-refractivity contribution in [2.45, 2.75) is 309 Å². The van der Waals surface area contributed by atoms with Crippen LogP contribution in [-0.2, 0) is 28.6 Å². The Hall–Kier alpha value is -2.37. The number of unbranched alkanes of at least 4 members (excludes halogenated alkanes) is 35. The third-order valence-electron chi connectivity index (χ3n) is 12.6. The smallest absolute Gasteiger partial charge is 0.306 e. The van der Waals surface area contributed by atoms with E-state index in [1.165, 1.54) is 199 Å². The van der Waals surface area contributed by atoms with Gasteiger partial charge < -0.3 is 14.2 Å². The highest BCUT2D eigenvalue weighted by Gasteiger charge is 2.19. The number of hydrogen-bond acceptors (Lipinski definition) is 6. The number of rotatable bonds is 52. The van der Waals surface area contributed by atoms with E-state index in [1.807, 2.05) is 6.08 Å². The van der Waals surface area contributed by atoms with Crippen molar-refractivity contribution in [2.24, 2.45) is 0 Å². The number of hydrogen-bond donors (Lipinski definition) is 0. The van der Waals surface area contributed by atoms with Crippen LogP contribution in [0.4, 0.5) is 0 Å². The molecule has 0 rings (SSSR count). The van der Waals surface area contributed by atoms with Crippen LogP contribution in [-0.4, -0.2) is 37.2 Å². The summed E-state index contributed by atoms with van der Waals surface area (Å²) in [5, 5.41) is 0. The van der Waals surface area contributed by atoms with Gasteiger partial charge in [-0.3, -0.25) is 14.4 Å². The number of carbonyl (C=O) groups excluding carboxylic acids is 3. The predicted molar refractivity (Wildman–Crippen MR) is 279 cm³/mol. The van der Waals surface area contributed by atoms with E-state index in [1.54, 1.807) is 0 Å². The molecule has 0 aliphatic rings. The minimum Gasteiger partial charge on any atom is -0.462 e. The largest absolute Gasteiger partial charge is 0.462 e. The van der Waals surface area contributed by atoms with E-state index in [-0.39, 0.29) is 37.5 Å². The van der Waals surface area contributed by atoms with Crippen molar-refractivity contribution in [3.05, 3.63) is 36.5 Å². The van der Waals surface area contributed by atoms with Crippen LogP contribution in [0.25, 0.3) is 0 Å². The Labute approximate surface area is 404 Å². The first-order valence-electron chi connectivity index (χ1n) is 28.5. The molecule has 0 aromatic carbocycles. The molecule has 0 aromatic rings. The summed E-state index contributed by atoms with van der Waals surface area (Å²) < 4.78 is 16.8. The summed E-state index contributed by atoms with van der Waals surface area (Å²) in [6.07, 6.45) is 64.3. The van der Waals surface area contributed by atoms with Crippen molar-refractivity contribution in [3.8, 4) is 0 Å². The zero-order valence-electron chi connectivity index (χ0n) is 43.5. The van der Waals surface area contributed by atoms with Gasteiger partial charge in [0.15, 0.2) is 6.10 Å². The first-order chi connectivity index (χ1) is 32.0. The van der Waals surface area contributed by atoms with Gasteiger partial charge in [-0.1, -0.05) is 256 Å². The molecule has 380 valence electrons. The Bertz CT molecular complexity index is 1090. The van der Waals surface area contributed by atoms with Crippen molar-refractivity contribution in [2.75, 3.05) is 13.2 Å². The molecule has 6 heteroatoms. The molecule has 0 saturated carbocycles. The summed E-state index contributed by atoms with van der Waals surface area (Å²) in [6, 6.07) is 0. The van der Waals surface area contributed by atoms with Crippen molar-refractivity contribution in [1.29, 1.82) is 0 Å². The number of allylic oxidation sites excluding steroid dienone is 6. The van der Waals surface area contributed by atoms with Gasteiger partial charge in [-0.2, -0.15) is 0 Å². The van der Waals surface area contributed by atoms with Crippen LogP contribution in [0.15, 0.2) is 36.5 Å². The van der Waals surface area contributed by atoms with Crippen LogP contribution in [0, 0.1) is 0 Å². The van der Waals surface area contributed by atoms with Crippen molar-refractivity contribution >= 4 is 17.9 Å². The second-order valence-corrected chi connectivity index (χ2v) is 19.2. The van der Waals surface area contributed by atoms with Crippen molar-refractivity contribution in [3.63, 3.8) is 0 Å². The second-order valence-electron chi connectivity index (χ2n) is 19.2. The third kappa shape index (κ3) is 52.5. The Morgan fingerprint density at radius 2 is 0.585 bits per heavy atom. The van der Waals surface area contributed by atoms with Crippen molar-refractivity contribution in [1.82, 2.24) is 0 Å². The Kier molecular flexibility index (Phi) is 52.3. The average molecular weight is 914 g/mol. The quantitative estimate of drug-likeness (QED) is 0.0262. The number of ether oxygens (including phenoxy) is 3. The maximum Gasteiger partial charge on any atom is 0.306 e. The lowest BCUT2D eigenvalue weighted by Crippen LogP contribution is -2.30. The zero-order valence-corrected chi connectivity index (χ0v) is 43.5. The Balaban J connectivity index is 4.38.